The number of para-hydroxylation sites is 1. The van der Waals surface area contributed by atoms with Crippen molar-refractivity contribution in [2.24, 2.45) is 0 Å². The number of nitrogens with zero attached hydrogens (tertiary/aromatic N) is 2. The van der Waals surface area contributed by atoms with E-state index in [2.05, 4.69) is 5.32 Å². The Morgan fingerprint density at radius 1 is 1.06 bits per heavy atom. The van der Waals surface area contributed by atoms with Gasteiger partial charge in [0.25, 0.3) is 5.56 Å². The van der Waals surface area contributed by atoms with Gasteiger partial charge >= 0.3 is 0 Å². The van der Waals surface area contributed by atoms with E-state index < -0.39 is 0 Å². The summed E-state index contributed by atoms with van der Waals surface area (Å²) in [6, 6.07) is 15.9. The number of hydrogen-bond donors (Lipinski definition) is 1. The molecule has 0 bridgehead atoms. The predicted molar refractivity (Wildman–Crippen MR) is 141 cm³/mol. The average molecular weight is 490 g/mol. The molecular formula is C27H27N3O2S2. The molecule has 0 fully saturated rings. The number of anilines is 1. The molecule has 0 saturated heterocycles. The van der Waals surface area contributed by atoms with Crippen LogP contribution < -0.4 is 10.9 Å². The molecule has 5 rings (SSSR count). The third-order valence-electron chi connectivity index (χ3n) is 6.30. The van der Waals surface area contributed by atoms with Gasteiger partial charge in [0.15, 0.2) is 5.16 Å². The Labute approximate surface area is 207 Å². The molecule has 1 N–H and O–H groups in total. The Hall–Kier alpha value is -2.90. The van der Waals surface area contributed by atoms with Crippen molar-refractivity contribution < 1.29 is 4.79 Å². The lowest BCUT2D eigenvalue weighted by atomic mass is 9.97. The van der Waals surface area contributed by atoms with E-state index in [0.29, 0.717) is 11.7 Å². The van der Waals surface area contributed by atoms with Gasteiger partial charge in [-0.25, -0.2) is 4.98 Å². The van der Waals surface area contributed by atoms with Crippen molar-refractivity contribution in [1.82, 2.24) is 9.55 Å². The molecule has 7 heteroatoms. The fraction of sp³-hybridized carbons (Fsp3) is 0.296. The highest BCUT2D eigenvalue weighted by molar-refractivity contribution is 7.99. The van der Waals surface area contributed by atoms with Crippen molar-refractivity contribution in [1.29, 1.82) is 0 Å². The summed E-state index contributed by atoms with van der Waals surface area (Å²) in [6.45, 7) is 4.41. The minimum atomic E-state index is -0.103. The summed E-state index contributed by atoms with van der Waals surface area (Å²) in [5.74, 6) is 0.0829. The first-order valence-electron chi connectivity index (χ1n) is 11.6. The second kappa shape index (κ2) is 9.76. The predicted octanol–water partition coefficient (Wildman–Crippen LogP) is 5.73. The number of aryl methyl sites for hydroxylation is 4. The van der Waals surface area contributed by atoms with Gasteiger partial charge in [-0.3, -0.25) is 14.2 Å². The van der Waals surface area contributed by atoms with E-state index in [4.69, 9.17) is 4.98 Å². The molecule has 2 heterocycles. The maximum Gasteiger partial charge on any atom is 0.263 e. The van der Waals surface area contributed by atoms with Crippen LogP contribution in [-0.4, -0.2) is 21.2 Å². The van der Waals surface area contributed by atoms with E-state index in [9.17, 15) is 9.59 Å². The molecule has 0 radical (unpaired) electrons. The van der Waals surface area contributed by atoms with Crippen LogP contribution in [0.4, 0.5) is 5.69 Å². The summed E-state index contributed by atoms with van der Waals surface area (Å²) in [7, 11) is 0. The van der Waals surface area contributed by atoms with Crippen molar-refractivity contribution >= 4 is 44.9 Å². The third kappa shape index (κ3) is 4.55. The monoisotopic (exact) mass is 489 g/mol. The number of aromatic nitrogens is 2. The summed E-state index contributed by atoms with van der Waals surface area (Å²) < 4.78 is 1.75. The van der Waals surface area contributed by atoms with E-state index in [1.807, 2.05) is 62.4 Å². The highest BCUT2D eigenvalue weighted by Crippen LogP contribution is 2.35. The highest BCUT2D eigenvalue weighted by Gasteiger charge is 2.23. The summed E-state index contributed by atoms with van der Waals surface area (Å²) in [6.07, 6.45) is 4.25. The lowest BCUT2D eigenvalue weighted by Crippen LogP contribution is -2.25. The molecule has 5 nitrogen and oxygen atoms in total. The van der Waals surface area contributed by atoms with E-state index in [1.165, 1.54) is 22.2 Å². The molecule has 0 aliphatic heterocycles. The van der Waals surface area contributed by atoms with Crippen molar-refractivity contribution in [2.75, 3.05) is 11.1 Å². The molecule has 1 aliphatic rings. The second-order valence-corrected chi connectivity index (χ2v) is 10.8. The van der Waals surface area contributed by atoms with Crippen LogP contribution in [0.1, 0.15) is 40.0 Å². The smallest absolute Gasteiger partial charge is 0.263 e. The van der Waals surface area contributed by atoms with Crippen molar-refractivity contribution in [2.45, 2.75) is 51.2 Å². The first-order chi connectivity index (χ1) is 16.5. The Morgan fingerprint density at radius 2 is 1.79 bits per heavy atom. The third-order valence-corrected chi connectivity index (χ3v) is 8.46. The number of fused-ring (bicyclic) bond motifs is 3. The topological polar surface area (TPSA) is 64.0 Å². The first kappa shape index (κ1) is 22.9. The molecule has 0 atom stereocenters. The fourth-order valence-electron chi connectivity index (χ4n) is 4.55. The summed E-state index contributed by atoms with van der Waals surface area (Å²) in [4.78, 5) is 33.6. The number of benzene rings is 2. The van der Waals surface area contributed by atoms with Gasteiger partial charge in [-0.15, -0.1) is 11.3 Å². The molecular weight excluding hydrogens is 462 g/mol. The molecule has 1 aliphatic carbocycles. The molecule has 0 spiro atoms. The average Bonchev–Trinajstić information content (AvgIpc) is 3.21. The van der Waals surface area contributed by atoms with Gasteiger partial charge in [-0.1, -0.05) is 60.3 Å². The van der Waals surface area contributed by atoms with Crippen LogP contribution in [0, 0.1) is 13.8 Å². The van der Waals surface area contributed by atoms with Crippen LogP contribution in [0.25, 0.3) is 10.2 Å². The summed E-state index contributed by atoms with van der Waals surface area (Å²) in [5, 5.41) is 4.41. The molecule has 174 valence electrons. The van der Waals surface area contributed by atoms with Gasteiger partial charge in [0.2, 0.25) is 5.91 Å². The molecule has 1 amide bonds. The number of thiophene rings is 1. The lowest BCUT2D eigenvalue weighted by molar-refractivity contribution is -0.113. The standard InChI is InChI=1S/C27H27N3O2S2/c1-17-9-8-10-18(2)24(17)28-22(31)16-33-27-29-25-23(20-13-6-7-14-21(20)34-25)26(32)30(27)15-19-11-4-3-5-12-19/h3-5,8-12H,6-7,13-16H2,1-2H3,(H,28,31). The van der Waals surface area contributed by atoms with Crippen LogP contribution in [0.15, 0.2) is 58.5 Å². The molecule has 4 aromatic rings. The van der Waals surface area contributed by atoms with Gasteiger partial charge in [-0.05, 0) is 61.8 Å². The molecule has 34 heavy (non-hydrogen) atoms. The zero-order valence-corrected chi connectivity index (χ0v) is 21.0. The molecule has 2 aromatic carbocycles. The number of amides is 1. The van der Waals surface area contributed by atoms with E-state index in [1.54, 1.807) is 15.9 Å². The minimum Gasteiger partial charge on any atom is -0.325 e. The number of rotatable bonds is 6. The number of thioether (sulfide) groups is 1. The molecule has 0 unspecified atom stereocenters. The first-order valence-corrected chi connectivity index (χ1v) is 13.4. The zero-order valence-electron chi connectivity index (χ0n) is 19.4. The fourth-order valence-corrected chi connectivity index (χ4v) is 6.65. The number of carbonyl (C=O) groups is 1. The van der Waals surface area contributed by atoms with Gasteiger partial charge < -0.3 is 5.32 Å². The van der Waals surface area contributed by atoms with E-state index in [0.717, 1.165) is 58.3 Å². The number of carbonyl (C=O) groups excluding carboxylic acids is 1. The minimum absolute atomic E-state index is 0.00547. The summed E-state index contributed by atoms with van der Waals surface area (Å²) >= 11 is 2.97. The van der Waals surface area contributed by atoms with Crippen LogP contribution in [0.2, 0.25) is 0 Å². The largest absolute Gasteiger partial charge is 0.325 e. The Bertz CT molecular complexity index is 1400. The molecule has 0 saturated carbocycles. The van der Waals surface area contributed by atoms with Crippen LogP contribution in [-0.2, 0) is 24.2 Å². The van der Waals surface area contributed by atoms with Crippen molar-refractivity contribution in [3.05, 3.63) is 86.0 Å². The van der Waals surface area contributed by atoms with Crippen LogP contribution in [0.5, 0.6) is 0 Å². The van der Waals surface area contributed by atoms with Gasteiger partial charge in [0, 0.05) is 10.6 Å². The quantitative estimate of drug-likeness (QED) is 0.277. The van der Waals surface area contributed by atoms with Gasteiger partial charge in [-0.2, -0.15) is 0 Å². The van der Waals surface area contributed by atoms with Gasteiger partial charge in [0.05, 0.1) is 17.7 Å². The maximum atomic E-state index is 13.7. The second-order valence-electron chi connectivity index (χ2n) is 8.77. The Kier molecular flexibility index (Phi) is 6.57. The lowest BCUT2D eigenvalue weighted by Gasteiger charge is -2.14. The number of nitrogens with one attached hydrogen (secondary N) is 1. The number of hydrogen-bond acceptors (Lipinski definition) is 5. The zero-order chi connectivity index (χ0) is 23.7. The highest BCUT2D eigenvalue weighted by atomic mass is 32.2. The van der Waals surface area contributed by atoms with Crippen LogP contribution in [0.3, 0.4) is 0 Å². The Balaban J connectivity index is 1.48. The molecule has 2 aromatic heterocycles. The van der Waals surface area contributed by atoms with E-state index >= 15 is 0 Å². The van der Waals surface area contributed by atoms with Crippen molar-refractivity contribution in [3.8, 4) is 0 Å². The Morgan fingerprint density at radius 3 is 2.56 bits per heavy atom. The van der Waals surface area contributed by atoms with Crippen LogP contribution >= 0.6 is 23.1 Å². The van der Waals surface area contributed by atoms with E-state index in [-0.39, 0.29) is 17.2 Å². The summed E-state index contributed by atoms with van der Waals surface area (Å²) in [5.41, 5.74) is 5.15. The maximum absolute atomic E-state index is 13.7. The normalized spacial score (nSPS) is 13.1. The van der Waals surface area contributed by atoms with Gasteiger partial charge in [0.1, 0.15) is 4.83 Å². The SMILES string of the molecule is Cc1cccc(C)c1NC(=O)CSc1nc2sc3c(c2c(=O)n1Cc1ccccc1)CCCC3. The van der Waals surface area contributed by atoms with Crippen molar-refractivity contribution in [3.63, 3.8) is 0 Å².